The molecule has 0 bridgehead atoms. The molecule has 2 unspecified atom stereocenters. The number of benzene rings is 1. The fraction of sp³-hybridized carbons (Fsp3) is 0.647. The van der Waals surface area contributed by atoms with Crippen LogP contribution in [0.15, 0.2) is 24.3 Å². The third kappa shape index (κ3) is 4.99. The zero-order chi connectivity index (χ0) is 15.1. The van der Waals surface area contributed by atoms with Gasteiger partial charge in [0, 0.05) is 20.2 Å². The average Bonchev–Trinajstić information content (AvgIpc) is 2.93. The molecule has 0 aliphatic carbocycles. The fourth-order valence-electron chi connectivity index (χ4n) is 2.81. The topological polar surface area (TPSA) is 41.9 Å². The van der Waals surface area contributed by atoms with E-state index >= 15 is 0 Å². The van der Waals surface area contributed by atoms with Gasteiger partial charge < -0.3 is 19.5 Å². The average molecular weight is 293 g/mol. The van der Waals surface area contributed by atoms with Crippen molar-refractivity contribution in [1.82, 2.24) is 4.90 Å². The van der Waals surface area contributed by atoms with Gasteiger partial charge in [-0.1, -0.05) is 19.1 Å². The van der Waals surface area contributed by atoms with Crippen LogP contribution in [-0.2, 0) is 4.74 Å². The molecule has 1 N–H and O–H groups in total. The summed E-state index contributed by atoms with van der Waals surface area (Å²) >= 11 is 0. The van der Waals surface area contributed by atoms with E-state index in [1.54, 1.807) is 7.11 Å². The number of hydrogen-bond donors (Lipinski definition) is 1. The monoisotopic (exact) mass is 293 g/mol. The molecule has 1 heterocycles. The minimum atomic E-state index is -0.438. The Morgan fingerprint density at radius 3 is 2.76 bits per heavy atom. The van der Waals surface area contributed by atoms with E-state index in [1.165, 1.54) is 0 Å². The van der Waals surface area contributed by atoms with Gasteiger partial charge in [-0.3, -0.25) is 0 Å². The van der Waals surface area contributed by atoms with Crippen LogP contribution in [0.1, 0.15) is 31.4 Å². The van der Waals surface area contributed by atoms with Gasteiger partial charge in [0.05, 0.1) is 19.3 Å². The Bertz CT molecular complexity index is 407. The second-order valence-electron chi connectivity index (χ2n) is 5.80. The molecule has 1 aliphatic rings. The van der Waals surface area contributed by atoms with E-state index in [0.29, 0.717) is 12.5 Å². The molecule has 0 saturated carbocycles. The van der Waals surface area contributed by atoms with Crippen LogP contribution in [0.3, 0.4) is 0 Å². The van der Waals surface area contributed by atoms with E-state index in [4.69, 9.17) is 9.47 Å². The Labute approximate surface area is 127 Å². The van der Waals surface area contributed by atoms with Crippen molar-refractivity contribution >= 4 is 0 Å². The van der Waals surface area contributed by atoms with Crippen molar-refractivity contribution in [3.63, 3.8) is 0 Å². The van der Waals surface area contributed by atoms with Crippen LogP contribution in [0.2, 0.25) is 0 Å². The van der Waals surface area contributed by atoms with Gasteiger partial charge in [0.2, 0.25) is 0 Å². The lowest BCUT2D eigenvalue weighted by Crippen LogP contribution is -2.27. The number of aliphatic hydroxyl groups is 1. The van der Waals surface area contributed by atoms with Gasteiger partial charge >= 0.3 is 0 Å². The molecule has 1 aromatic carbocycles. The normalized spacial score (nSPS) is 20.6. The van der Waals surface area contributed by atoms with Crippen LogP contribution >= 0.6 is 0 Å². The molecule has 0 amide bonds. The minimum Gasteiger partial charge on any atom is -0.494 e. The Balaban J connectivity index is 1.81. The molecule has 1 saturated heterocycles. The highest BCUT2D eigenvalue weighted by atomic mass is 16.5. The summed E-state index contributed by atoms with van der Waals surface area (Å²) in [5.74, 6) is 1.47. The van der Waals surface area contributed by atoms with E-state index in [-0.39, 0.29) is 0 Å². The fourth-order valence-corrected chi connectivity index (χ4v) is 2.81. The zero-order valence-electron chi connectivity index (χ0n) is 13.1. The number of rotatable bonds is 8. The minimum absolute atomic E-state index is 0.438. The number of ether oxygens (including phenoxy) is 2. The van der Waals surface area contributed by atoms with Crippen LogP contribution < -0.4 is 4.74 Å². The van der Waals surface area contributed by atoms with Gasteiger partial charge in [-0.15, -0.1) is 0 Å². The molecule has 118 valence electrons. The number of β-amino-alcohol motifs (C(OH)–C–C–N with tert-alkyl or cyclic N) is 1. The highest BCUT2D eigenvalue weighted by Crippen LogP contribution is 2.22. The second-order valence-corrected chi connectivity index (χ2v) is 5.80. The lowest BCUT2D eigenvalue weighted by atomic mass is 10.1. The molecule has 1 aromatic rings. The van der Waals surface area contributed by atoms with Crippen LogP contribution in [0.25, 0.3) is 0 Å². The summed E-state index contributed by atoms with van der Waals surface area (Å²) in [4.78, 5) is 2.32. The molecule has 0 aromatic heterocycles. The summed E-state index contributed by atoms with van der Waals surface area (Å²) in [6.07, 6.45) is 1.72. The Kier molecular flexibility index (Phi) is 6.49. The van der Waals surface area contributed by atoms with E-state index in [9.17, 15) is 5.11 Å². The summed E-state index contributed by atoms with van der Waals surface area (Å²) in [5, 5.41) is 10.4. The number of aliphatic hydroxyl groups excluding tert-OH is 1. The van der Waals surface area contributed by atoms with Gasteiger partial charge in [-0.25, -0.2) is 0 Å². The van der Waals surface area contributed by atoms with Gasteiger partial charge in [-0.05, 0) is 43.0 Å². The summed E-state index contributed by atoms with van der Waals surface area (Å²) in [6.45, 7) is 6.39. The lowest BCUT2D eigenvalue weighted by Gasteiger charge is -2.20. The van der Waals surface area contributed by atoms with Crippen molar-refractivity contribution in [3.8, 4) is 5.75 Å². The van der Waals surface area contributed by atoms with Crippen molar-refractivity contribution < 1.29 is 14.6 Å². The Morgan fingerprint density at radius 2 is 2.10 bits per heavy atom. The quantitative estimate of drug-likeness (QED) is 0.799. The number of hydrogen-bond acceptors (Lipinski definition) is 4. The summed E-state index contributed by atoms with van der Waals surface area (Å²) < 4.78 is 10.8. The van der Waals surface area contributed by atoms with Gasteiger partial charge in [0.1, 0.15) is 5.75 Å². The summed E-state index contributed by atoms with van der Waals surface area (Å²) in [5.41, 5.74) is 0.953. The maximum atomic E-state index is 10.4. The molecule has 4 nitrogen and oxygen atoms in total. The molecular weight excluding hydrogens is 266 g/mol. The standard InChI is InChI=1S/C17H27NO3/c1-3-10-21-16-6-4-15(5-7-16)17(19)12-18-9-8-14(11-18)13-20-2/h4-7,14,17,19H,3,8-13H2,1-2H3. The van der Waals surface area contributed by atoms with Gasteiger partial charge in [-0.2, -0.15) is 0 Å². The third-order valence-electron chi connectivity index (χ3n) is 3.94. The molecule has 1 fully saturated rings. The molecule has 0 radical (unpaired) electrons. The summed E-state index contributed by atoms with van der Waals surface area (Å²) in [6, 6.07) is 7.79. The molecule has 2 atom stereocenters. The van der Waals surface area contributed by atoms with Crippen molar-refractivity contribution in [2.75, 3.05) is 40.0 Å². The van der Waals surface area contributed by atoms with E-state index in [0.717, 1.165) is 50.5 Å². The van der Waals surface area contributed by atoms with Crippen LogP contribution in [0.4, 0.5) is 0 Å². The van der Waals surface area contributed by atoms with Crippen LogP contribution in [-0.4, -0.2) is 50.0 Å². The molecule has 2 rings (SSSR count). The van der Waals surface area contributed by atoms with Gasteiger partial charge in [0.15, 0.2) is 0 Å². The maximum Gasteiger partial charge on any atom is 0.119 e. The van der Waals surface area contributed by atoms with Crippen LogP contribution in [0, 0.1) is 5.92 Å². The maximum absolute atomic E-state index is 10.4. The highest BCUT2D eigenvalue weighted by Gasteiger charge is 2.24. The van der Waals surface area contributed by atoms with E-state index < -0.39 is 6.10 Å². The predicted octanol–water partition coefficient (Wildman–Crippen LogP) is 2.48. The van der Waals surface area contributed by atoms with Crippen molar-refractivity contribution in [3.05, 3.63) is 29.8 Å². The number of likely N-dealkylation sites (tertiary alicyclic amines) is 1. The third-order valence-corrected chi connectivity index (χ3v) is 3.94. The SMILES string of the molecule is CCCOc1ccc(C(O)CN2CCC(COC)C2)cc1. The molecular formula is C17H27NO3. The van der Waals surface area contributed by atoms with E-state index in [1.807, 2.05) is 24.3 Å². The predicted molar refractivity (Wildman–Crippen MR) is 83.6 cm³/mol. The first-order valence-corrected chi connectivity index (χ1v) is 7.85. The second kappa shape index (κ2) is 8.37. The highest BCUT2D eigenvalue weighted by molar-refractivity contribution is 5.28. The largest absolute Gasteiger partial charge is 0.494 e. The number of methoxy groups -OCH3 is 1. The Morgan fingerprint density at radius 1 is 1.33 bits per heavy atom. The van der Waals surface area contributed by atoms with Gasteiger partial charge in [0.25, 0.3) is 0 Å². The molecule has 4 heteroatoms. The smallest absolute Gasteiger partial charge is 0.119 e. The molecule has 0 spiro atoms. The van der Waals surface area contributed by atoms with Crippen LogP contribution in [0.5, 0.6) is 5.75 Å². The number of nitrogens with zero attached hydrogens (tertiary/aromatic N) is 1. The lowest BCUT2D eigenvalue weighted by molar-refractivity contribution is 0.115. The first-order chi connectivity index (χ1) is 10.2. The molecule has 1 aliphatic heterocycles. The van der Waals surface area contributed by atoms with E-state index in [2.05, 4.69) is 11.8 Å². The van der Waals surface area contributed by atoms with Crippen molar-refractivity contribution in [2.24, 2.45) is 5.92 Å². The summed E-state index contributed by atoms with van der Waals surface area (Å²) in [7, 11) is 1.75. The Hall–Kier alpha value is -1.10. The van der Waals surface area contributed by atoms with Crippen molar-refractivity contribution in [2.45, 2.75) is 25.9 Å². The first kappa shape index (κ1) is 16.3. The first-order valence-electron chi connectivity index (χ1n) is 7.85. The zero-order valence-corrected chi connectivity index (χ0v) is 13.1. The molecule has 21 heavy (non-hydrogen) atoms. The van der Waals surface area contributed by atoms with Crippen molar-refractivity contribution in [1.29, 1.82) is 0 Å².